The van der Waals surface area contributed by atoms with Gasteiger partial charge in [0, 0.05) is 17.3 Å². The summed E-state index contributed by atoms with van der Waals surface area (Å²) in [6, 6.07) is 12.8. The Labute approximate surface area is 141 Å². The summed E-state index contributed by atoms with van der Waals surface area (Å²) in [5, 5.41) is 12.2. The molecule has 0 spiro atoms. The molecule has 0 aliphatic carbocycles. The number of nitrogens with zero attached hydrogens (tertiary/aromatic N) is 6. The molecule has 0 radical (unpaired) electrons. The standard InChI is InChI=1S/C17H13FN6O/c1-11-3-2-4-15-19-14(9-16(25)24(11)15)10-23-21-17(20-22-23)12-5-7-13(18)8-6-12/h2-9H,10H2,1H3. The molecule has 25 heavy (non-hydrogen) atoms. The third-order valence-electron chi connectivity index (χ3n) is 3.79. The fraction of sp³-hybridized carbons (Fsp3) is 0.118. The van der Waals surface area contributed by atoms with Gasteiger partial charge in [-0.15, -0.1) is 10.2 Å². The van der Waals surface area contributed by atoms with Crippen LogP contribution in [0.2, 0.25) is 0 Å². The van der Waals surface area contributed by atoms with E-state index in [0.717, 1.165) is 5.69 Å². The Balaban J connectivity index is 1.66. The van der Waals surface area contributed by atoms with Crippen LogP contribution in [0.4, 0.5) is 4.39 Å². The quantitative estimate of drug-likeness (QED) is 0.570. The van der Waals surface area contributed by atoms with Crippen LogP contribution < -0.4 is 5.56 Å². The Hall–Kier alpha value is -3.42. The molecule has 4 aromatic rings. The molecule has 0 N–H and O–H groups in total. The number of tetrazole rings is 1. The summed E-state index contributed by atoms with van der Waals surface area (Å²) >= 11 is 0. The van der Waals surface area contributed by atoms with Crippen LogP contribution in [0.1, 0.15) is 11.4 Å². The second-order valence-electron chi connectivity index (χ2n) is 5.60. The highest BCUT2D eigenvalue weighted by atomic mass is 19.1. The van der Waals surface area contributed by atoms with E-state index < -0.39 is 0 Å². The monoisotopic (exact) mass is 336 g/mol. The molecule has 3 aromatic heterocycles. The van der Waals surface area contributed by atoms with E-state index in [2.05, 4.69) is 20.4 Å². The van der Waals surface area contributed by atoms with Crippen molar-refractivity contribution in [2.75, 3.05) is 0 Å². The molecule has 0 saturated heterocycles. The number of aryl methyl sites for hydroxylation is 1. The lowest BCUT2D eigenvalue weighted by Gasteiger charge is -2.05. The highest BCUT2D eigenvalue weighted by Crippen LogP contribution is 2.14. The van der Waals surface area contributed by atoms with Gasteiger partial charge in [0.25, 0.3) is 5.56 Å². The first-order valence-corrected chi connectivity index (χ1v) is 7.62. The molecule has 8 heteroatoms. The van der Waals surface area contributed by atoms with Crippen LogP contribution >= 0.6 is 0 Å². The third-order valence-corrected chi connectivity index (χ3v) is 3.79. The maximum atomic E-state index is 13.0. The minimum Gasteiger partial charge on any atom is -0.269 e. The molecular weight excluding hydrogens is 323 g/mol. The van der Waals surface area contributed by atoms with Crippen molar-refractivity contribution in [3.8, 4) is 11.4 Å². The minimum atomic E-state index is -0.327. The summed E-state index contributed by atoms with van der Waals surface area (Å²) < 4.78 is 14.5. The zero-order chi connectivity index (χ0) is 17.4. The first kappa shape index (κ1) is 15.1. The third kappa shape index (κ3) is 2.89. The second kappa shape index (κ2) is 5.90. The maximum absolute atomic E-state index is 13.0. The molecule has 0 aliphatic heterocycles. The van der Waals surface area contributed by atoms with Crippen LogP contribution in [-0.4, -0.2) is 29.6 Å². The first-order chi connectivity index (χ1) is 12.1. The predicted octanol–water partition coefficient (Wildman–Crippen LogP) is 1.84. The molecule has 0 amide bonds. The molecule has 7 nitrogen and oxygen atoms in total. The van der Waals surface area contributed by atoms with E-state index >= 15 is 0 Å². The van der Waals surface area contributed by atoms with Crippen molar-refractivity contribution in [1.82, 2.24) is 29.6 Å². The SMILES string of the molecule is Cc1cccc2nc(Cn3nnc(-c4ccc(F)cc4)n3)cc(=O)n12. The van der Waals surface area contributed by atoms with E-state index in [0.29, 0.717) is 22.7 Å². The number of hydrogen-bond donors (Lipinski definition) is 0. The second-order valence-corrected chi connectivity index (χ2v) is 5.60. The Bertz CT molecular complexity index is 1120. The van der Waals surface area contributed by atoms with Gasteiger partial charge >= 0.3 is 0 Å². The Morgan fingerprint density at radius 2 is 1.92 bits per heavy atom. The summed E-state index contributed by atoms with van der Waals surface area (Å²) in [4.78, 5) is 18.1. The molecule has 124 valence electrons. The van der Waals surface area contributed by atoms with Crippen molar-refractivity contribution < 1.29 is 4.39 Å². The molecule has 0 atom stereocenters. The van der Waals surface area contributed by atoms with Gasteiger partial charge in [-0.2, -0.15) is 4.80 Å². The summed E-state index contributed by atoms with van der Waals surface area (Å²) in [5.41, 5.74) is 2.44. The van der Waals surface area contributed by atoms with Crippen LogP contribution in [0, 0.1) is 12.7 Å². The number of benzene rings is 1. The van der Waals surface area contributed by atoms with Gasteiger partial charge in [0.2, 0.25) is 5.82 Å². The minimum absolute atomic E-state index is 0.156. The van der Waals surface area contributed by atoms with Gasteiger partial charge in [-0.1, -0.05) is 6.07 Å². The Morgan fingerprint density at radius 3 is 2.72 bits per heavy atom. The molecule has 4 rings (SSSR count). The van der Waals surface area contributed by atoms with Crippen molar-refractivity contribution in [2.24, 2.45) is 0 Å². The lowest BCUT2D eigenvalue weighted by Crippen LogP contribution is -2.19. The molecular formula is C17H13FN6O. The normalized spacial score (nSPS) is 11.1. The maximum Gasteiger partial charge on any atom is 0.258 e. The summed E-state index contributed by atoms with van der Waals surface area (Å²) in [6.45, 7) is 2.07. The highest BCUT2D eigenvalue weighted by molar-refractivity contribution is 5.53. The highest BCUT2D eigenvalue weighted by Gasteiger charge is 2.09. The fourth-order valence-electron chi connectivity index (χ4n) is 2.61. The van der Waals surface area contributed by atoms with Gasteiger partial charge in [0.15, 0.2) is 0 Å². The van der Waals surface area contributed by atoms with Crippen molar-refractivity contribution in [1.29, 1.82) is 0 Å². The van der Waals surface area contributed by atoms with Gasteiger partial charge in [-0.3, -0.25) is 9.20 Å². The van der Waals surface area contributed by atoms with Crippen LogP contribution in [0.3, 0.4) is 0 Å². The number of rotatable bonds is 3. The van der Waals surface area contributed by atoms with Crippen molar-refractivity contribution in [2.45, 2.75) is 13.5 Å². The number of aromatic nitrogens is 6. The van der Waals surface area contributed by atoms with E-state index in [-0.39, 0.29) is 17.9 Å². The predicted molar refractivity (Wildman–Crippen MR) is 88.5 cm³/mol. The van der Waals surface area contributed by atoms with E-state index in [9.17, 15) is 9.18 Å². The summed E-state index contributed by atoms with van der Waals surface area (Å²) in [7, 11) is 0. The number of fused-ring (bicyclic) bond motifs is 1. The smallest absolute Gasteiger partial charge is 0.258 e. The average Bonchev–Trinajstić information content (AvgIpc) is 3.03. The van der Waals surface area contributed by atoms with Crippen molar-refractivity contribution in [3.63, 3.8) is 0 Å². The zero-order valence-corrected chi connectivity index (χ0v) is 13.3. The van der Waals surface area contributed by atoms with Crippen LogP contribution in [0.25, 0.3) is 17.0 Å². The number of halogens is 1. The Kier molecular flexibility index (Phi) is 3.57. The summed E-state index contributed by atoms with van der Waals surface area (Å²) in [5.74, 6) is 0.0561. The lowest BCUT2D eigenvalue weighted by molar-refractivity contribution is 0.564. The van der Waals surface area contributed by atoms with E-state index in [1.165, 1.54) is 23.0 Å². The molecule has 0 aliphatic rings. The van der Waals surface area contributed by atoms with Crippen LogP contribution in [-0.2, 0) is 6.54 Å². The molecule has 0 bridgehead atoms. The van der Waals surface area contributed by atoms with E-state index in [4.69, 9.17) is 0 Å². The zero-order valence-electron chi connectivity index (χ0n) is 13.3. The van der Waals surface area contributed by atoms with Gasteiger partial charge in [-0.05, 0) is 48.5 Å². The van der Waals surface area contributed by atoms with Crippen LogP contribution in [0.5, 0.6) is 0 Å². The molecule has 0 saturated carbocycles. The topological polar surface area (TPSA) is 78.0 Å². The number of pyridine rings is 1. The van der Waals surface area contributed by atoms with Crippen molar-refractivity contribution in [3.05, 3.63) is 76.1 Å². The number of hydrogen-bond acceptors (Lipinski definition) is 5. The van der Waals surface area contributed by atoms with Crippen LogP contribution in [0.15, 0.2) is 53.3 Å². The van der Waals surface area contributed by atoms with Gasteiger partial charge in [0.05, 0.1) is 5.69 Å². The van der Waals surface area contributed by atoms with E-state index in [1.807, 2.05) is 19.1 Å². The molecule has 0 unspecified atom stereocenters. The van der Waals surface area contributed by atoms with Gasteiger partial charge in [0.1, 0.15) is 18.0 Å². The Morgan fingerprint density at radius 1 is 1.12 bits per heavy atom. The largest absolute Gasteiger partial charge is 0.269 e. The molecule has 0 fully saturated rings. The first-order valence-electron chi connectivity index (χ1n) is 7.62. The lowest BCUT2D eigenvalue weighted by atomic mass is 10.2. The molecule has 1 aromatic carbocycles. The average molecular weight is 336 g/mol. The van der Waals surface area contributed by atoms with Crippen molar-refractivity contribution >= 4 is 5.65 Å². The fourth-order valence-corrected chi connectivity index (χ4v) is 2.61. The van der Waals surface area contributed by atoms with E-state index in [1.54, 1.807) is 22.6 Å². The van der Waals surface area contributed by atoms with Gasteiger partial charge < -0.3 is 0 Å². The summed E-state index contributed by atoms with van der Waals surface area (Å²) in [6.07, 6.45) is 0. The molecule has 3 heterocycles. The van der Waals surface area contributed by atoms with Gasteiger partial charge in [-0.25, -0.2) is 9.37 Å².